The van der Waals surface area contributed by atoms with Crippen LogP contribution in [0.2, 0.25) is 0 Å². The van der Waals surface area contributed by atoms with Crippen molar-refractivity contribution in [2.45, 2.75) is 45.1 Å². The molecule has 2 aliphatic carbocycles. The third-order valence-corrected chi connectivity index (χ3v) is 4.91. The highest BCUT2D eigenvalue weighted by molar-refractivity contribution is 5.87. The number of hydrogen-bond acceptors (Lipinski definition) is 2. The fourth-order valence-electron chi connectivity index (χ4n) is 3.41. The van der Waals surface area contributed by atoms with Crippen molar-refractivity contribution in [3.05, 3.63) is 47.5 Å². The standard InChI is InChI=1S/C18H22O2/c1-12(2)17(19)20-18(3,15-8-9-15)16-10-13-6-4-5-7-14(13)11-16/h4-7,15-16H,1,8-11H2,2-3H3. The highest BCUT2D eigenvalue weighted by Gasteiger charge is 2.51. The van der Waals surface area contributed by atoms with Crippen LogP contribution in [0.15, 0.2) is 36.4 Å². The second-order valence-electron chi connectivity index (χ2n) is 6.50. The van der Waals surface area contributed by atoms with E-state index in [9.17, 15) is 4.79 Å². The van der Waals surface area contributed by atoms with E-state index in [1.165, 1.54) is 24.0 Å². The van der Waals surface area contributed by atoms with Crippen molar-refractivity contribution < 1.29 is 9.53 Å². The summed E-state index contributed by atoms with van der Waals surface area (Å²) in [6.07, 6.45) is 4.39. The first kappa shape index (κ1) is 13.4. The average Bonchev–Trinajstić information content (AvgIpc) is 3.17. The van der Waals surface area contributed by atoms with Crippen LogP contribution < -0.4 is 0 Å². The van der Waals surface area contributed by atoms with Gasteiger partial charge in [-0.3, -0.25) is 0 Å². The number of carbonyl (C=O) groups excluding carboxylic acids is 1. The first-order valence-corrected chi connectivity index (χ1v) is 7.46. The molecular weight excluding hydrogens is 248 g/mol. The maximum absolute atomic E-state index is 12.0. The van der Waals surface area contributed by atoms with E-state index >= 15 is 0 Å². The number of hydrogen-bond donors (Lipinski definition) is 0. The van der Waals surface area contributed by atoms with Crippen molar-refractivity contribution in [3.8, 4) is 0 Å². The van der Waals surface area contributed by atoms with Gasteiger partial charge in [0.05, 0.1) is 0 Å². The largest absolute Gasteiger partial charge is 0.455 e. The molecule has 2 aliphatic rings. The zero-order valence-corrected chi connectivity index (χ0v) is 12.3. The van der Waals surface area contributed by atoms with Crippen LogP contribution in [0.25, 0.3) is 0 Å². The van der Waals surface area contributed by atoms with Gasteiger partial charge in [-0.05, 0) is 56.6 Å². The molecule has 0 aliphatic heterocycles. The lowest BCUT2D eigenvalue weighted by Crippen LogP contribution is -2.42. The molecule has 1 unspecified atom stereocenters. The van der Waals surface area contributed by atoms with Crippen molar-refractivity contribution in [1.82, 2.24) is 0 Å². The molecule has 1 aromatic carbocycles. The maximum atomic E-state index is 12.0. The van der Waals surface area contributed by atoms with Crippen molar-refractivity contribution in [3.63, 3.8) is 0 Å². The molecule has 106 valence electrons. The van der Waals surface area contributed by atoms with Gasteiger partial charge in [-0.2, -0.15) is 0 Å². The number of carbonyl (C=O) groups is 1. The van der Waals surface area contributed by atoms with E-state index in [1.54, 1.807) is 6.92 Å². The Balaban J connectivity index is 1.82. The van der Waals surface area contributed by atoms with Crippen molar-refractivity contribution in [1.29, 1.82) is 0 Å². The van der Waals surface area contributed by atoms with Gasteiger partial charge in [-0.15, -0.1) is 0 Å². The summed E-state index contributed by atoms with van der Waals surface area (Å²) in [5.74, 6) is 0.677. The number of ether oxygens (including phenoxy) is 1. The van der Waals surface area contributed by atoms with Gasteiger partial charge in [0.2, 0.25) is 0 Å². The van der Waals surface area contributed by atoms with Crippen LogP contribution in [0.5, 0.6) is 0 Å². The minimum absolute atomic E-state index is 0.240. The van der Waals surface area contributed by atoms with Gasteiger partial charge < -0.3 is 4.74 Å². The fourth-order valence-corrected chi connectivity index (χ4v) is 3.41. The second-order valence-corrected chi connectivity index (χ2v) is 6.50. The summed E-state index contributed by atoms with van der Waals surface area (Å²) in [7, 11) is 0. The molecule has 2 heteroatoms. The van der Waals surface area contributed by atoms with E-state index < -0.39 is 0 Å². The third-order valence-electron chi connectivity index (χ3n) is 4.91. The Hall–Kier alpha value is -1.57. The van der Waals surface area contributed by atoms with Gasteiger partial charge in [0, 0.05) is 11.5 Å². The molecule has 0 spiro atoms. The number of rotatable bonds is 4. The molecular formula is C18H22O2. The zero-order chi connectivity index (χ0) is 14.3. The highest BCUT2D eigenvalue weighted by atomic mass is 16.6. The Morgan fingerprint density at radius 3 is 2.20 bits per heavy atom. The molecule has 0 bridgehead atoms. The molecule has 1 aromatic rings. The summed E-state index contributed by atoms with van der Waals surface area (Å²) in [5, 5.41) is 0. The Morgan fingerprint density at radius 1 is 1.20 bits per heavy atom. The summed E-state index contributed by atoms with van der Waals surface area (Å²) < 4.78 is 5.90. The van der Waals surface area contributed by atoms with Crippen molar-refractivity contribution in [2.75, 3.05) is 0 Å². The van der Waals surface area contributed by atoms with E-state index in [1.807, 2.05) is 0 Å². The molecule has 2 nitrogen and oxygen atoms in total. The smallest absolute Gasteiger partial charge is 0.333 e. The van der Waals surface area contributed by atoms with E-state index in [-0.39, 0.29) is 11.6 Å². The Morgan fingerprint density at radius 2 is 1.75 bits per heavy atom. The minimum Gasteiger partial charge on any atom is -0.455 e. The number of benzene rings is 1. The second kappa shape index (κ2) is 4.76. The average molecular weight is 270 g/mol. The molecule has 1 saturated carbocycles. The topological polar surface area (TPSA) is 26.3 Å². The van der Waals surface area contributed by atoms with E-state index in [0.29, 0.717) is 17.4 Å². The summed E-state index contributed by atoms with van der Waals surface area (Å²) in [4.78, 5) is 12.0. The van der Waals surface area contributed by atoms with Crippen LogP contribution in [0.1, 0.15) is 37.8 Å². The number of fused-ring (bicyclic) bond motifs is 1. The SMILES string of the molecule is C=C(C)C(=O)OC(C)(C1CC1)C1Cc2ccccc2C1. The lowest BCUT2D eigenvalue weighted by atomic mass is 9.82. The van der Waals surface area contributed by atoms with Crippen LogP contribution in [-0.2, 0) is 22.4 Å². The summed E-state index contributed by atoms with van der Waals surface area (Å²) in [5.41, 5.74) is 2.98. The van der Waals surface area contributed by atoms with Gasteiger partial charge in [-0.1, -0.05) is 30.8 Å². The molecule has 0 heterocycles. The summed E-state index contributed by atoms with van der Waals surface area (Å²) in [6, 6.07) is 8.58. The normalized spacial score (nSPS) is 21.1. The van der Waals surface area contributed by atoms with Crippen LogP contribution in [0.3, 0.4) is 0 Å². The highest BCUT2D eigenvalue weighted by Crippen LogP contribution is 2.49. The molecule has 3 rings (SSSR count). The van der Waals surface area contributed by atoms with Crippen LogP contribution in [0.4, 0.5) is 0 Å². The monoisotopic (exact) mass is 270 g/mol. The van der Waals surface area contributed by atoms with E-state index in [0.717, 1.165) is 12.8 Å². The minimum atomic E-state index is -0.338. The molecule has 1 fully saturated rings. The van der Waals surface area contributed by atoms with Gasteiger partial charge in [-0.25, -0.2) is 4.79 Å². The van der Waals surface area contributed by atoms with Crippen LogP contribution in [-0.4, -0.2) is 11.6 Å². The van der Waals surface area contributed by atoms with E-state index in [2.05, 4.69) is 37.8 Å². The maximum Gasteiger partial charge on any atom is 0.333 e. The van der Waals surface area contributed by atoms with E-state index in [4.69, 9.17) is 4.74 Å². The van der Waals surface area contributed by atoms with Crippen molar-refractivity contribution in [2.24, 2.45) is 11.8 Å². The molecule has 0 aromatic heterocycles. The first-order valence-electron chi connectivity index (χ1n) is 7.46. The van der Waals surface area contributed by atoms with Crippen molar-refractivity contribution >= 4 is 5.97 Å². The molecule has 0 radical (unpaired) electrons. The van der Waals surface area contributed by atoms with Gasteiger partial charge >= 0.3 is 5.97 Å². The first-order chi connectivity index (χ1) is 9.50. The molecule has 20 heavy (non-hydrogen) atoms. The van der Waals surface area contributed by atoms with Gasteiger partial charge in [0.25, 0.3) is 0 Å². The zero-order valence-electron chi connectivity index (χ0n) is 12.3. The lowest BCUT2D eigenvalue weighted by molar-refractivity contribution is -0.161. The van der Waals surface area contributed by atoms with Crippen LogP contribution >= 0.6 is 0 Å². The Kier molecular flexibility index (Phi) is 3.19. The third kappa shape index (κ3) is 2.28. The predicted molar refractivity (Wildman–Crippen MR) is 79.4 cm³/mol. The quantitative estimate of drug-likeness (QED) is 0.616. The molecule has 0 amide bonds. The molecule has 1 atom stereocenters. The van der Waals surface area contributed by atoms with Gasteiger partial charge in [0.1, 0.15) is 5.60 Å². The summed E-state index contributed by atoms with van der Waals surface area (Å²) in [6.45, 7) is 7.56. The molecule has 0 saturated heterocycles. The Bertz CT molecular complexity index is 531. The molecule has 0 N–H and O–H groups in total. The van der Waals surface area contributed by atoms with Gasteiger partial charge in [0.15, 0.2) is 0 Å². The predicted octanol–water partition coefficient (Wildman–Crippen LogP) is 3.69. The fraction of sp³-hybridized carbons (Fsp3) is 0.500. The van der Waals surface area contributed by atoms with Crippen LogP contribution in [0, 0.1) is 11.8 Å². The number of esters is 1. The summed E-state index contributed by atoms with van der Waals surface area (Å²) >= 11 is 0. The lowest BCUT2D eigenvalue weighted by Gasteiger charge is -2.35. The Labute approximate surface area is 120 Å².